The molecule has 0 bridgehead atoms. The molecule has 2 aliphatic rings. The Balaban J connectivity index is 1.44. The summed E-state index contributed by atoms with van der Waals surface area (Å²) in [6.07, 6.45) is 7.30. The van der Waals surface area contributed by atoms with Crippen LogP contribution in [0.3, 0.4) is 0 Å². The molecule has 4 rings (SSSR count). The highest BCUT2D eigenvalue weighted by atomic mass is 19.1. The van der Waals surface area contributed by atoms with Gasteiger partial charge in [-0.15, -0.1) is 0 Å². The Morgan fingerprint density at radius 2 is 2.04 bits per heavy atom. The van der Waals surface area contributed by atoms with E-state index in [4.69, 9.17) is 5.73 Å². The molecule has 0 spiro atoms. The second-order valence-corrected chi connectivity index (χ2v) is 7.49. The van der Waals surface area contributed by atoms with Crippen molar-refractivity contribution < 1.29 is 14.0 Å². The van der Waals surface area contributed by atoms with Gasteiger partial charge in [-0.05, 0) is 31.4 Å². The lowest BCUT2D eigenvalue weighted by Crippen LogP contribution is -2.50. The molecule has 2 aromatic rings. The highest BCUT2D eigenvalue weighted by Gasteiger charge is 2.33. The monoisotopic (exact) mass is 385 g/mol. The molecular weight excluding hydrogens is 361 g/mol. The highest BCUT2D eigenvalue weighted by molar-refractivity contribution is 5.95. The molecule has 0 radical (unpaired) electrons. The number of nitrogens with one attached hydrogen (secondary N) is 1. The largest absolute Gasteiger partial charge is 0.367 e. The average Bonchev–Trinajstić information content (AvgIpc) is 3.31. The van der Waals surface area contributed by atoms with E-state index in [-0.39, 0.29) is 11.8 Å². The van der Waals surface area contributed by atoms with E-state index in [9.17, 15) is 14.0 Å². The van der Waals surface area contributed by atoms with Crippen LogP contribution in [0.15, 0.2) is 24.5 Å². The van der Waals surface area contributed by atoms with Crippen LogP contribution < -0.4 is 10.6 Å². The number of carbonyl (C=O) groups excluding carboxylic acids is 2. The lowest BCUT2D eigenvalue weighted by molar-refractivity contribution is -0.135. The number of primary amides is 1. The van der Waals surface area contributed by atoms with Crippen molar-refractivity contribution in [1.82, 2.24) is 14.9 Å². The van der Waals surface area contributed by atoms with E-state index < -0.39 is 12.1 Å². The SMILES string of the molecule is NC(=O)/C=C/c1c[nH]c2ncc(N3CCN(C(=O)[C@@H]4CC[C@H](F)C4)CC3)cc12. The van der Waals surface area contributed by atoms with E-state index in [1.165, 1.54) is 6.08 Å². The molecule has 28 heavy (non-hydrogen) atoms. The van der Waals surface area contributed by atoms with Crippen molar-refractivity contribution in [1.29, 1.82) is 0 Å². The van der Waals surface area contributed by atoms with Crippen LogP contribution in [-0.2, 0) is 9.59 Å². The van der Waals surface area contributed by atoms with Gasteiger partial charge in [-0.1, -0.05) is 0 Å². The van der Waals surface area contributed by atoms with Crippen molar-refractivity contribution >= 4 is 34.6 Å². The smallest absolute Gasteiger partial charge is 0.241 e. The van der Waals surface area contributed by atoms with E-state index in [0.29, 0.717) is 45.4 Å². The minimum atomic E-state index is -0.827. The first-order valence-corrected chi connectivity index (χ1v) is 9.63. The van der Waals surface area contributed by atoms with Gasteiger partial charge in [0.25, 0.3) is 0 Å². The van der Waals surface area contributed by atoms with Crippen LogP contribution in [0, 0.1) is 5.92 Å². The zero-order chi connectivity index (χ0) is 19.7. The summed E-state index contributed by atoms with van der Waals surface area (Å²) in [6.45, 7) is 2.68. The summed E-state index contributed by atoms with van der Waals surface area (Å²) in [6, 6.07) is 2.03. The second kappa shape index (κ2) is 7.61. The van der Waals surface area contributed by atoms with Gasteiger partial charge in [0.2, 0.25) is 11.8 Å². The molecule has 2 fully saturated rings. The van der Waals surface area contributed by atoms with Gasteiger partial charge in [0, 0.05) is 55.3 Å². The molecule has 7 nitrogen and oxygen atoms in total. The minimum absolute atomic E-state index is 0.0953. The molecule has 0 aromatic carbocycles. The summed E-state index contributed by atoms with van der Waals surface area (Å²) in [5.41, 5.74) is 7.73. The van der Waals surface area contributed by atoms with Crippen LogP contribution in [0.25, 0.3) is 17.1 Å². The Kier molecular flexibility index (Phi) is 5.02. The van der Waals surface area contributed by atoms with Crippen LogP contribution in [0.5, 0.6) is 0 Å². The Morgan fingerprint density at radius 3 is 2.71 bits per heavy atom. The van der Waals surface area contributed by atoms with Gasteiger partial charge < -0.3 is 20.5 Å². The molecule has 2 aromatic heterocycles. The van der Waals surface area contributed by atoms with Gasteiger partial charge >= 0.3 is 0 Å². The van der Waals surface area contributed by atoms with E-state index in [0.717, 1.165) is 22.3 Å². The zero-order valence-corrected chi connectivity index (χ0v) is 15.6. The maximum atomic E-state index is 13.4. The summed E-state index contributed by atoms with van der Waals surface area (Å²) >= 11 is 0. The first-order chi connectivity index (χ1) is 13.5. The number of fused-ring (bicyclic) bond motifs is 1. The number of amides is 2. The Bertz CT molecular complexity index is 916. The number of hydrogen-bond donors (Lipinski definition) is 2. The van der Waals surface area contributed by atoms with Crippen molar-refractivity contribution in [3.8, 4) is 0 Å². The van der Waals surface area contributed by atoms with Gasteiger partial charge in [0.05, 0.1) is 11.9 Å². The molecule has 3 heterocycles. The standard InChI is InChI=1S/C20H24FN5O2/c21-15-3-1-13(9-15)20(28)26-7-5-25(6-8-26)16-10-17-14(2-4-18(22)27)11-23-19(17)24-12-16/h2,4,10-13,15H,1,3,5-9H2,(H2,22,27)(H,23,24)/b4-2+/t13-,15+/m1/s1. The molecule has 0 unspecified atom stereocenters. The van der Waals surface area contributed by atoms with E-state index in [2.05, 4.69) is 14.9 Å². The third-order valence-corrected chi connectivity index (χ3v) is 5.65. The summed E-state index contributed by atoms with van der Waals surface area (Å²) < 4.78 is 13.4. The predicted molar refractivity (Wildman–Crippen MR) is 105 cm³/mol. The number of piperazine rings is 1. The number of hydrogen-bond acceptors (Lipinski definition) is 4. The van der Waals surface area contributed by atoms with Gasteiger partial charge in [0.15, 0.2) is 0 Å². The molecule has 8 heteroatoms. The number of halogens is 1. The lowest BCUT2D eigenvalue weighted by atomic mass is 10.1. The summed E-state index contributed by atoms with van der Waals surface area (Å²) in [5.74, 6) is -0.558. The Hall–Kier alpha value is -2.90. The maximum absolute atomic E-state index is 13.4. The molecule has 1 aliphatic carbocycles. The van der Waals surface area contributed by atoms with Crippen molar-refractivity contribution in [2.75, 3.05) is 31.1 Å². The number of H-pyrrole nitrogens is 1. The van der Waals surface area contributed by atoms with Crippen LogP contribution in [0.2, 0.25) is 0 Å². The van der Waals surface area contributed by atoms with E-state index in [1.54, 1.807) is 12.3 Å². The van der Waals surface area contributed by atoms with Crippen LogP contribution >= 0.6 is 0 Å². The van der Waals surface area contributed by atoms with Crippen molar-refractivity contribution in [3.63, 3.8) is 0 Å². The average molecular weight is 385 g/mol. The second-order valence-electron chi connectivity index (χ2n) is 7.49. The van der Waals surface area contributed by atoms with Crippen molar-refractivity contribution in [3.05, 3.63) is 30.1 Å². The Labute approximate surface area is 162 Å². The third-order valence-electron chi connectivity index (χ3n) is 5.65. The number of nitrogens with two attached hydrogens (primary N) is 1. The molecule has 2 amide bonds. The molecular formula is C20H24FN5O2. The fraction of sp³-hybridized carbons (Fsp3) is 0.450. The van der Waals surface area contributed by atoms with Crippen LogP contribution in [0.4, 0.5) is 10.1 Å². The van der Waals surface area contributed by atoms with Crippen molar-refractivity contribution in [2.45, 2.75) is 25.4 Å². The number of aromatic amines is 1. The number of aromatic nitrogens is 2. The van der Waals surface area contributed by atoms with E-state index >= 15 is 0 Å². The van der Waals surface area contributed by atoms with Gasteiger partial charge in [0.1, 0.15) is 11.8 Å². The Morgan fingerprint density at radius 1 is 1.25 bits per heavy atom. The summed E-state index contributed by atoms with van der Waals surface area (Å²) in [4.78, 5) is 35.2. The maximum Gasteiger partial charge on any atom is 0.241 e. The lowest BCUT2D eigenvalue weighted by Gasteiger charge is -2.37. The quantitative estimate of drug-likeness (QED) is 0.785. The van der Waals surface area contributed by atoms with Crippen molar-refractivity contribution in [2.24, 2.45) is 11.7 Å². The van der Waals surface area contributed by atoms with Crippen LogP contribution in [-0.4, -0.2) is 59.0 Å². The minimum Gasteiger partial charge on any atom is -0.367 e. The fourth-order valence-electron chi connectivity index (χ4n) is 4.09. The summed E-state index contributed by atoms with van der Waals surface area (Å²) in [5, 5.41) is 0.911. The number of carbonyl (C=O) groups is 2. The number of rotatable bonds is 4. The zero-order valence-electron chi connectivity index (χ0n) is 15.6. The van der Waals surface area contributed by atoms with Gasteiger partial charge in [-0.25, -0.2) is 9.37 Å². The number of nitrogens with zero attached hydrogens (tertiary/aromatic N) is 3. The summed E-state index contributed by atoms with van der Waals surface area (Å²) in [7, 11) is 0. The molecule has 1 saturated carbocycles. The third kappa shape index (κ3) is 3.72. The number of pyridine rings is 1. The highest BCUT2D eigenvalue weighted by Crippen LogP contribution is 2.30. The first kappa shape index (κ1) is 18.5. The van der Waals surface area contributed by atoms with Crippen LogP contribution in [0.1, 0.15) is 24.8 Å². The topological polar surface area (TPSA) is 95.3 Å². The van der Waals surface area contributed by atoms with Gasteiger partial charge in [-0.3, -0.25) is 9.59 Å². The normalized spacial score (nSPS) is 23.0. The molecule has 1 saturated heterocycles. The fourth-order valence-corrected chi connectivity index (χ4v) is 4.09. The first-order valence-electron chi connectivity index (χ1n) is 9.63. The molecule has 148 valence electrons. The number of anilines is 1. The predicted octanol–water partition coefficient (Wildman–Crippen LogP) is 1.85. The van der Waals surface area contributed by atoms with Gasteiger partial charge in [-0.2, -0.15) is 0 Å². The van der Waals surface area contributed by atoms with E-state index in [1.807, 2.05) is 17.2 Å². The molecule has 2 atom stereocenters. The molecule has 1 aliphatic heterocycles. The molecule has 3 N–H and O–H groups in total. The number of alkyl halides is 1.